The third-order valence-electron chi connectivity index (χ3n) is 2.20. The second-order valence-electron chi connectivity index (χ2n) is 3.62. The van der Waals surface area contributed by atoms with E-state index in [0.717, 1.165) is 19.4 Å². The van der Waals surface area contributed by atoms with Crippen LogP contribution in [0.25, 0.3) is 0 Å². The van der Waals surface area contributed by atoms with Crippen molar-refractivity contribution in [3.8, 4) is 0 Å². The lowest BCUT2D eigenvalue weighted by molar-refractivity contribution is 0.268. The second kappa shape index (κ2) is 6.71. The Morgan fingerprint density at radius 2 is 2.08 bits per heavy atom. The van der Waals surface area contributed by atoms with Crippen molar-refractivity contribution in [2.45, 2.75) is 39.2 Å². The van der Waals surface area contributed by atoms with Gasteiger partial charge in [0, 0.05) is 12.5 Å². The summed E-state index contributed by atoms with van der Waals surface area (Å²) in [5.74, 6) is 0.326. The third-order valence-corrected chi connectivity index (χ3v) is 2.20. The standard InChI is InChI=1S/C9H21N3O/c1-8(2)12(3)7-5-4-6-9(10)11-13/h8,13H,4-7H2,1-3H3,(H2,10,11). The monoisotopic (exact) mass is 187 g/mol. The van der Waals surface area contributed by atoms with Crippen LogP contribution in [0, 0.1) is 0 Å². The molecule has 0 rings (SSSR count). The maximum absolute atomic E-state index is 8.28. The summed E-state index contributed by atoms with van der Waals surface area (Å²) in [4.78, 5) is 2.28. The lowest BCUT2D eigenvalue weighted by Gasteiger charge is -2.20. The Labute approximate surface area is 80.4 Å². The predicted octanol–water partition coefficient (Wildman–Crippen LogP) is 1.24. The molecule has 0 heterocycles. The molecule has 0 spiro atoms. The summed E-state index contributed by atoms with van der Waals surface area (Å²) < 4.78 is 0. The van der Waals surface area contributed by atoms with Gasteiger partial charge in [0.05, 0.1) is 0 Å². The van der Waals surface area contributed by atoms with E-state index in [-0.39, 0.29) is 0 Å². The van der Waals surface area contributed by atoms with Gasteiger partial charge in [0.25, 0.3) is 0 Å². The summed E-state index contributed by atoms with van der Waals surface area (Å²) in [6, 6.07) is 0.587. The van der Waals surface area contributed by atoms with E-state index in [9.17, 15) is 0 Å². The van der Waals surface area contributed by atoms with Gasteiger partial charge in [-0.05, 0) is 40.3 Å². The van der Waals surface area contributed by atoms with Crippen molar-refractivity contribution in [1.29, 1.82) is 0 Å². The molecule has 4 heteroatoms. The first kappa shape index (κ1) is 12.2. The zero-order chi connectivity index (χ0) is 10.3. The van der Waals surface area contributed by atoms with Gasteiger partial charge in [0.2, 0.25) is 0 Å². The average Bonchev–Trinajstić information content (AvgIpc) is 2.11. The first-order chi connectivity index (χ1) is 6.07. The molecule has 13 heavy (non-hydrogen) atoms. The van der Waals surface area contributed by atoms with Crippen molar-refractivity contribution < 1.29 is 5.21 Å². The molecule has 0 aromatic carbocycles. The van der Waals surface area contributed by atoms with Gasteiger partial charge in [0.1, 0.15) is 5.84 Å². The maximum atomic E-state index is 8.28. The fourth-order valence-electron chi connectivity index (χ4n) is 0.976. The van der Waals surface area contributed by atoms with E-state index < -0.39 is 0 Å². The van der Waals surface area contributed by atoms with E-state index in [0.29, 0.717) is 18.3 Å². The van der Waals surface area contributed by atoms with Gasteiger partial charge in [0.15, 0.2) is 0 Å². The fourth-order valence-corrected chi connectivity index (χ4v) is 0.976. The molecule has 0 aromatic rings. The van der Waals surface area contributed by atoms with Crippen molar-refractivity contribution in [3.63, 3.8) is 0 Å². The highest BCUT2D eigenvalue weighted by molar-refractivity contribution is 5.79. The van der Waals surface area contributed by atoms with Gasteiger partial charge in [-0.25, -0.2) is 0 Å². The van der Waals surface area contributed by atoms with E-state index in [1.54, 1.807) is 0 Å². The molecular weight excluding hydrogens is 166 g/mol. The summed E-state index contributed by atoms with van der Waals surface area (Å²) in [6.45, 7) is 5.41. The molecule has 0 aliphatic heterocycles. The summed E-state index contributed by atoms with van der Waals surface area (Å²) in [5, 5.41) is 11.2. The quantitative estimate of drug-likeness (QED) is 0.216. The minimum atomic E-state index is 0.326. The summed E-state index contributed by atoms with van der Waals surface area (Å²) >= 11 is 0. The minimum Gasteiger partial charge on any atom is -0.409 e. The number of hydrogen-bond donors (Lipinski definition) is 2. The number of nitrogens with zero attached hydrogens (tertiary/aromatic N) is 2. The molecule has 0 aliphatic rings. The average molecular weight is 187 g/mol. The van der Waals surface area contributed by atoms with Gasteiger partial charge in [-0.15, -0.1) is 0 Å². The molecule has 0 amide bonds. The molecule has 0 aromatic heterocycles. The minimum absolute atomic E-state index is 0.326. The van der Waals surface area contributed by atoms with Crippen LogP contribution in [-0.2, 0) is 0 Å². The van der Waals surface area contributed by atoms with Crippen molar-refractivity contribution >= 4 is 5.84 Å². The van der Waals surface area contributed by atoms with E-state index in [4.69, 9.17) is 10.9 Å². The second-order valence-corrected chi connectivity index (χ2v) is 3.62. The number of oxime groups is 1. The van der Waals surface area contributed by atoms with Gasteiger partial charge in [-0.3, -0.25) is 0 Å². The van der Waals surface area contributed by atoms with Crippen LogP contribution in [0.2, 0.25) is 0 Å². The topological polar surface area (TPSA) is 61.8 Å². The maximum Gasteiger partial charge on any atom is 0.139 e. The summed E-state index contributed by atoms with van der Waals surface area (Å²) in [7, 11) is 2.11. The van der Waals surface area contributed by atoms with Crippen molar-refractivity contribution in [3.05, 3.63) is 0 Å². The van der Waals surface area contributed by atoms with Crippen LogP contribution in [0.15, 0.2) is 5.16 Å². The Kier molecular flexibility index (Phi) is 6.32. The van der Waals surface area contributed by atoms with Crippen LogP contribution in [-0.4, -0.2) is 35.6 Å². The molecule has 78 valence electrons. The Morgan fingerprint density at radius 1 is 1.46 bits per heavy atom. The van der Waals surface area contributed by atoms with E-state index in [1.165, 1.54) is 0 Å². The van der Waals surface area contributed by atoms with Gasteiger partial charge < -0.3 is 15.8 Å². The van der Waals surface area contributed by atoms with Crippen LogP contribution in [0.3, 0.4) is 0 Å². The molecular formula is C9H21N3O. The molecule has 0 bridgehead atoms. The number of nitrogens with two attached hydrogens (primary N) is 1. The van der Waals surface area contributed by atoms with E-state index in [1.807, 2.05) is 0 Å². The largest absolute Gasteiger partial charge is 0.409 e. The molecule has 0 fully saturated rings. The Morgan fingerprint density at radius 3 is 2.54 bits per heavy atom. The zero-order valence-corrected chi connectivity index (χ0v) is 8.82. The van der Waals surface area contributed by atoms with Crippen molar-refractivity contribution in [1.82, 2.24) is 4.90 Å². The Hall–Kier alpha value is -0.770. The lowest BCUT2D eigenvalue weighted by Crippen LogP contribution is -2.27. The highest BCUT2D eigenvalue weighted by Crippen LogP contribution is 2.00. The number of amidine groups is 1. The van der Waals surface area contributed by atoms with Crippen LogP contribution in [0.4, 0.5) is 0 Å². The Balaban J connectivity index is 3.36. The lowest BCUT2D eigenvalue weighted by atomic mass is 10.2. The van der Waals surface area contributed by atoms with E-state index >= 15 is 0 Å². The smallest absolute Gasteiger partial charge is 0.139 e. The van der Waals surface area contributed by atoms with Gasteiger partial charge in [-0.2, -0.15) is 0 Å². The first-order valence-corrected chi connectivity index (χ1v) is 4.74. The first-order valence-electron chi connectivity index (χ1n) is 4.74. The Bertz CT molecular complexity index is 157. The predicted molar refractivity (Wildman–Crippen MR) is 55.0 cm³/mol. The van der Waals surface area contributed by atoms with E-state index in [2.05, 4.69) is 31.0 Å². The molecule has 0 unspecified atom stereocenters. The molecule has 3 N–H and O–H groups in total. The summed E-state index contributed by atoms with van der Waals surface area (Å²) in [5.41, 5.74) is 5.34. The highest BCUT2D eigenvalue weighted by atomic mass is 16.4. The fraction of sp³-hybridized carbons (Fsp3) is 0.889. The molecule has 4 nitrogen and oxygen atoms in total. The van der Waals surface area contributed by atoms with Crippen molar-refractivity contribution in [2.24, 2.45) is 10.9 Å². The number of hydrogen-bond acceptors (Lipinski definition) is 3. The van der Waals surface area contributed by atoms with Crippen LogP contribution < -0.4 is 5.73 Å². The highest BCUT2D eigenvalue weighted by Gasteiger charge is 2.02. The van der Waals surface area contributed by atoms with Crippen LogP contribution in [0.5, 0.6) is 0 Å². The number of unbranched alkanes of at least 4 members (excludes halogenated alkanes) is 1. The van der Waals surface area contributed by atoms with Crippen molar-refractivity contribution in [2.75, 3.05) is 13.6 Å². The molecule has 0 radical (unpaired) electrons. The number of rotatable bonds is 6. The SMILES string of the molecule is CC(C)N(C)CCCC/C(N)=N/O. The third kappa shape index (κ3) is 6.40. The summed E-state index contributed by atoms with van der Waals surface area (Å²) in [6.07, 6.45) is 2.75. The van der Waals surface area contributed by atoms with Gasteiger partial charge >= 0.3 is 0 Å². The van der Waals surface area contributed by atoms with Gasteiger partial charge in [-0.1, -0.05) is 5.16 Å². The molecule has 0 atom stereocenters. The molecule has 0 saturated heterocycles. The normalized spacial score (nSPS) is 12.8. The molecule has 0 saturated carbocycles. The van der Waals surface area contributed by atoms with Crippen LogP contribution >= 0.6 is 0 Å². The molecule has 0 aliphatic carbocycles. The van der Waals surface area contributed by atoms with Crippen LogP contribution in [0.1, 0.15) is 33.1 Å². The zero-order valence-electron chi connectivity index (χ0n) is 8.82.